The van der Waals surface area contributed by atoms with E-state index in [1.807, 2.05) is 13.8 Å². The zero-order chi connectivity index (χ0) is 11.9. The number of aromatic nitrogens is 3. The largest absolute Gasteiger partial charge is 0.478 e. The van der Waals surface area contributed by atoms with Crippen molar-refractivity contribution in [2.24, 2.45) is 0 Å². The van der Waals surface area contributed by atoms with Crippen molar-refractivity contribution < 1.29 is 9.90 Å². The van der Waals surface area contributed by atoms with Gasteiger partial charge in [0, 0.05) is 12.1 Å². The van der Waals surface area contributed by atoms with Gasteiger partial charge in [0.15, 0.2) is 5.65 Å². The summed E-state index contributed by atoms with van der Waals surface area (Å²) in [7, 11) is 0. The second-order valence-electron chi connectivity index (χ2n) is 3.79. The highest BCUT2D eigenvalue weighted by molar-refractivity contribution is 6.33. The molecule has 2 aromatic rings. The van der Waals surface area contributed by atoms with E-state index in [1.54, 1.807) is 4.40 Å². The van der Waals surface area contributed by atoms with Crippen LogP contribution in [-0.4, -0.2) is 25.7 Å². The highest BCUT2D eigenvalue weighted by Gasteiger charge is 2.14. The number of fused-ring (bicyclic) bond motifs is 1. The van der Waals surface area contributed by atoms with Gasteiger partial charge >= 0.3 is 5.97 Å². The number of carboxylic acids is 1. The van der Waals surface area contributed by atoms with Crippen LogP contribution in [0.4, 0.5) is 0 Å². The fraction of sp³-hybridized carbons (Fsp3) is 0.300. The Labute approximate surface area is 96.7 Å². The number of rotatable bonds is 2. The zero-order valence-corrected chi connectivity index (χ0v) is 9.56. The Morgan fingerprint density at radius 2 is 2.19 bits per heavy atom. The van der Waals surface area contributed by atoms with E-state index in [9.17, 15) is 4.79 Å². The molecule has 16 heavy (non-hydrogen) atoms. The molecule has 2 rings (SSSR count). The third kappa shape index (κ3) is 1.63. The molecule has 5 nitrogen and oxygen atoms in total. The van der Waals surface area contributed by atoms with Crippen LogP contribution < -0.4 is 0 Å². The first-order chi connectivity index (χ1) is 7.50. The van der Waals surface area contributed by atoms with Crippen LogP contribution in [0.3, 0.4) is 0 Å². The van der Waals surface area contributed by atoms with Crippen molar-refractivity contribution in [1.29, 1.82) is 0 Å². The van der Waals surface area contributed by atoms with Crippen LogP contribution in [0.25, 0.3) is 5.65 Å². The topological polar surface area (TPSA) is 67.5 Å². The van der Waals surface area contributed by atoms with Crippen LogP contribution in [0.2, 0.25) is 5.02 Å². The lowest BCUT2D eigenvalue weighted by atomic mass is 10.2. The Balaban J connectivity index is 2.76. The second kappa shape index (κ2) is 3.75. The molecule has 0 aliphatic heterocycles. The van der Waals surface area contributed by atoms with Crippen LogP contribution in [-0.2, 0) is 0 Å². The summed E-state index contributed by atoms with van der Waals surface area (Å²) in [4.78, 5) is 10.9. The van der Waals surface area contributed by atoms with Gasteiger partial charge in [0.2, 0.25) is 0 Å². The second-order valence-corrected chi connectivity index (χ2v) is 4.20. The van der Waals surface area contributed by atoms with Gasteiger partial charge in [0.1, 0.15) is 5.82 Å². The van der Waals surface area contributed by atoms with Crippen molar-refractivity contribution in [2.75, 3.05) is 0 Å². The number of hydrogen-bond acceptors (Lipinski definition) is 3. The monoisotopic (exact) mass is 239 g/mol. The van der Waals surface area contributed by atoms with Gasteiger partial charge in [-0.1, -0.05) is 25.4 Å². The lowest BCUT2D eigenvalue weighted by Gasteiger charge is -2.04. The lowest BCUT2D eigenvalue weighted by molar-refractivity contribution is 0.0696. The van der Waals surface area contributed by atoms with Crippen LogP contribution in [0, 0.1) is 0 Å². The summed E-state index contributed by atoms with van der Waals surface area (Å²) in [6.07, 6.45) is 1.48. The average molecular weight is 240 g/mol. The Morgan fingerprint density at radius 3 is 2.75 bits per heavy atom. The maximum atomic E-state index is 10.9. The Hall–Kier alpha value is -1.62. The van der Waals surface area contributed by atoms with Gasteiger partial charge in [0.25, 0.3) is 0 Å². The van der Waals surface area contributed by atoms with Crippen molar-refractivity contribution in [2.45, 2.75) is 19.8 Å². The Morgan fingerprint density at radius 1 is 1.50 bits per heavy atom. The average Bonchev–Trinajstić information content (AvgIpc) is 2.61. The van der Waals surface area contributed by atoms with E-state index in [0.717, 1.165) is 0 Å². The van der Waals surface area contributed by atoms with Crippen molar-refractivity contribution in [3.63, 3.8) is 0 Å². The van der Waals surface area contributed by atoms with E-state index in [2.05, 4.69) is 10.2 Å². The van der Waals surface area contributed by atoms with Crippen LogP contribution in [0.15, 0.2) is 12.3 Å². The smallest absolute Gasteiger partial charge is 0.337 e. The molecule has 0 fully saturated rings. The summed E-state index contributed by atoms with van der Waals surface area (Å²) >= 11 is 5.94. The van der Waals surface area contributed by atoms with Gasteiger partial charge in [-0.2, -0.15) is 0 Å². The summed E-state index contributed by atoms with van der Waals surface area (Å²) < 4.78 is 1.62. The van der Waals surface area contributed by atoms with Gasteiger partial charge in [-0.05, 0) is 6.07 Å². The number of pyridine rings is 1. The molecule has 84 valence electrons. The fourth-order valence-electron chi connectivity index (χ4n) is 1.48. The van der Waals surface area contributed by atoms with E-state index in [1.165, 1.54) is 12.3 Å². The molecule has 0 aliphatic carbocycles. The van der Waals surface area contributed by atoms with Crippen molar-refractivity contribution >= 4 is 23.2 Å². The van der Waals surface area contributed by atoms with Gasteiger partial charge in [0.05, 0.1) is 10.6 Å². The molecule has 2 aromatic heterocycles. The predicted molar refractivity (Wildman–Crippen MR) is 59.0 cm³/mol. The number of nitrogens with zero attached hydrogens (tertiary/aromatic N) is 3. The van der Waals surface area contributed by atoms with Crippen LogP contribution in [0.1, 0.15) is 35.9 Å². The number of carbonyl (C=O) groups is 1. The van der Waals surface area contributed by atoms with E-state index in [0.29, 0.717) is 16.5 Å². The minimum absolute atomic E-state index is 0.124. The van der Waals surface area contributed by atoms with Crippen LogP contribution >= 0.6 is 11.6 Å². The highest BCUT2D eigenvalue weighted by Crippen LogP contribution is 2.21. The van der Waals surface area contributed by atoms with E-state index < -0.39 is 5.97 Å². The summed E-state index contributed by atoms with van der Waals surface area (Å²) in [5.74, 6) is -0.178. The quantitative estimate of drug-likeness (QED) is 0.873. The molecule has 0 radical (unpaired) electrons. The summed E-state index contributed by atoms with van der Waals surface area (Å²) in [6.45, 7) is 3.91. The molecular weight excluding hydrogens is 230 g/mol. The van der Waals surface area contributed by atoms with Gasteiger partial charge in [-0.3, -0.25) is 4.40 Å². The van der Waals surface area contributed by atoms with E-state index in [-0.39, 0.29) is 11.5 Å². The van der Waals surface area contributed by atoms with Crippen LogP contribution in [0.5, 0.6) is 0 Å². The molecule has 2 heterocycles. The standard InChI is InChI=1S/C10H10ClN3O2/c1-5(2)8-12-13-9-7(11)3-6(10(15)16)4-14(8)9/h3-5H,1-2H3,(H,15,16). The third-order valence-electron chi connectivity index (χ3n) is 2.25. The zero-order valence-electron chi connectivity index (χ0n) is 8.81. The fourth-order valence-corrected chi connectivity index (χ4v) is 1.73. The third-order valence-corrected chi connectivity index (χ3v) is 2.53. The van der Waals surface area contributed by atoms with Crippen molar-refractivity contribution in [3.05, 3.63) is 28.7 Å². The predicted octanol–water partition coefficient (Wildman–Crippen LogP) is 2.20. The minimum atomic E-state index is -1.02. The number of hydrogen-bond donors (Lipinski definition) is 1. The van der Waals surface area contributed by atoms with E-state index >= 15 is 0 Å². The normalized spacial score (nSPS) is 11.2. The summed E-state index contributed by atoms with van der Waals surface area (Å²) in [6, 6.07) is 1.37. The molecule has 0 saturated heterocycles. The first-order valence-electron chi connectivity index (χ1n) is 4.78. The summed E-state index contributed by atoms with van der Waals surface area (Å²) in [5, 5.41) is 17.1. The maximum Gasteiger partial charge on any atom is 0.337 e. The molecule has 0 saturated carbocycles. The molecule has 0 aromatic carbocycles. The molecule has 6 heteroatoms. The molecular formula is C10H10ClN3O2. The SMILES string of the molecule is CC(C)c1nnc2c(Cl)cc(C(=O)O)cn12. The molecule has 0 amide bonds. The molecule has 0 atom stereocenters. The first-order valence-corrected chi connectivity index (χ1v) is 5.16. The van der Waals surface area contributed by atoms with Crippen molar-refractivity contribution in [3.8, 4) is 0 Å². The van der Waals surface area contributed by atoms with Gasteiger partial charge in [-0.15, -0.1) is 10.2 Å². The molecule has 1 N–H and O–H groups in total. The first kappa shape index (κ1) is 10.9. The molecule has 0 unspecified atom stereocenters. The van der Waals surface area contributed by atoms with Gasteiger partial charge < -0.3 is 5.11 Å². The Bertz CT molecular complexity index is 562. The lowest BCUT2D eigenvalue weighted by Crippen LogP contribution is -2.02. The van der Waals surface area contributed by atoms with Gasteiger partial charge in [-0.25, -0.2) is 4.79 Å². The molecule has 0 spiro atoms. The Kier molecular flexibility index (Phi) is 2.55. The number of carboxylic acid groups (broad SMARTS) is 1. The molecule has 0 aliphatic rings. The van der Waals surface area contributed by atoms with Crippen molar-refractivity contribution in [1.82, 2.24) is 14.6 Å². The molecule has 0 bridgehead atoms. The minimum Gasteiger partial charge on any atom is -0.478 e. The number of halogens is 1. The van der Waals surface area contributed by atoms with E-state index in [4.69, 9.17) is 16.7 Å². The summed E-state index contributed by atoms with van der Waals surface area (Å²) in [5.41, 5.74) is 0.606. The highest BCUT2D eigenvalue weighted by atomic mass is 35.5. The number of aromatic carboxylic acids is 1. The maximum absolute atomic E-state index is 10.9.